The molecule has 0 aliphatic rings. The molecule has 6 heteroatoms. The van der Waals surface area contributed by atoms with Crippen molar-refractivity contribution in [3.63, 3.8) is 0 Å². The summed E-state index contributed by atoms with van der Waals surface area (Å²) >= 11 is 1.31. The van der Waals surface area contributed by atoms with E-state index < -0.39 is 5.91 Å². The molecule has 0 fully saturated rings. The topological polar surface area (TPSA) is 72.2 Å². The number of carbonyl (C=O) groups is 2. The number of thiophene rings is 1. The molecule has 2 amide bonds. The Balaban J connectivity index is 1.89. The Bertz CT molecular complexity index is 950. The van der Waals surface area contributed by atoms with Gasteiger partial charge in [-0.2, -0.15) is 0 Å². The monoisotopic (exact) mass is 368 g/mol. The molecule has 0 aliphatic carbocycles. The molecule has 4 nitrogen and oxygen atoms in total. The van der Waals surface area contributed by atoms with E-state index in [2.05, 4.69) is 5.32 Å². The van der Waals surface area contributed by atoms with Crippen LogP contribution in [0, 0.1) is 12.7 Å². The number of benzene rings is 2. The fourth-order valence-electron chi connectivity index (χ4n) is 2.78. The van der Waals surface area contributed by atoms with E-state index >= 15 is 0 Å². The van der Waals surface area contributed by atoms with E-state index in [0.29, 0.717) is 16.1 Å². The van der Waals surface area contributed by atoms with Crippen molar-refractivity contribution < 1.29 is 14.0 Å². The molecule has 0 spiro atoms. The maximum Gasteiger partial charge on any atom is 0.252 e. The highest BCUT2D eigenvalue weighted by atomic mass is 32.1. The van der Waals surface area contributed by atoms with Gasteiger partial charge >= 0.3 is 0 Å². The van der Waals surface area contributed by atoms with Crippen LogP contribution < -0.4 is 11.1 Å². The molecule has 0 saturated carbocycles. The van der Waals surface area contributed by atoms with Crippen LogP contribution >= 0.6 is 11.3 Å². The molecule has 0 saturated heterocycles. The molecular formula is C20H17FN2O2S. The molecule has 2 aromatic carbocycles. The Morgan fingerprint density at radius 2 is 1.73 bits per heavy atom. The lowest BCUT2D eigenvalue weighted by molar-refractivity contribution is -0.115. The van der Waals surface area contributed by atoms with Gasteiger partial charge in [-0.05, 0) is 30.2 Å². The van der Waals surface area contributed by atoms with Gasteiger partial charge in [0.05, 0.1) is 12.0 Å². The summed E-state index contributed by atoms with van der Waals surface area (Å²) in [7, 11) is 0. The summed E-state index contributed by atoms with van der Waals surface area (Å²) in [6, 6.07) is 15.2. The Labute approximate surface area is 154 Å². The normalized spacial score (nSPS) is 10.5. The smallest absolute Gasteiger partial charge is 0.252 e. The highest BCUT2D eigenvalue weighted by Crippen LogP contribution is 2.39. The summed E-state index contributed by atoms with van der Waals surface area (Å²) in [5.41, 5.74) is 8.18. The zero-order chi connectivity index (χ0) is 18.7. The number of halogens is 1. The SMILES string of the molecule is Cc1sc(NC(=O)Cc2ccc(F)cc2)c(C(N)=O)c1-c1ccccc1. The predicted molar refractivity (Wildman–Crippen MR) is 102 cm³/mol. The van der Waals surface area contributed by atoms with E-state index in [-0.39, 0.29) is 18.1 Å². The van der Waals surface area contributed by atoms with Crippen LogP contribution in [0.1, 0.15) is 20.8 Å². The maximum absolute atomic E-state index is 13.0. The highest BCUT2D eigenvalue weighted by molar-refractivity contribution is 7.17. The molecule has 132 valence electrons. The van der Waals surface area contributed by atoms with Crippen molar-refractivity contribution in [2.24, 2.45) is 5.73 Å². The van der Waals surface area contributed by atoms with Crippen molar-refractivity contribution in [3.05, 3.63) is 76.4 Å². The Kier molecular flexibility index (Phi) is 5.14. The molecule has 0 radical (unpaired) electrons. The first-order valence-corrected chi connectivity index (χ1v) is 8.80. The third kappa shape index (κ3) is 3.81. The standard InChI is InChI=1S/C20H17FN2O2S/c1-12-17(14-5-3-2-4-6-14)18(19(22)25)20(26-12)23-16(24)11-13-7-9-15(21)10-8-13/h2-10H,11H2,1H3,(H2,22,25)(H,23,24). The summed E-state index contributed by atoms with van der Waals surface area (Å²) in [6.07, 6.45) is 0.0795. The fraction of sp³-hybridized carbons (Fsp3) is 0.100. The molecule has 1 heterocycles. The van der Waals surface area contributed by atoms with Gasteiger partial charge in [0, 0.05) is 10.4 Å². The van der Waals surface area contributed by atoms with E-state index in [1.54, 1.807) is 12.1 Å². The van der Waals surface area contributed by atoms with Crippen molar-refractivity contribution in [3.8, 4) is 11.1 Å². The summed E-state index contributed by atoms with van der Waals surface area (Å²) in [6.45, 7) is 1.88. The van der Waals surface area contributed by atoms with Gasteiger partial charge in [0.25, 0.3) is 5.91 Å². The van der Waals surface area contributed by atoms with E-state index in [9.17, 15) is 14.0 Å². The zero-order valence-electron chi connectivity index (χ0n) is 14.1. The first kappa shape index (κ1) is 17.8. The van der Waals surface area contributed by atoms with Crippen LogP contribution in [0.3, 0.4) is 0 Å². The minimum absolute atomic E-state index is 0.0795. The largest absolute Gasteiger partial charge is 0.365 e. The van der Waals surface area contributed by atoms with Crippen LogP contribution in [0.15, 0.2) is 54.6 Å². The van der Waals surface area contributed by atoms with Crippen molar-refractivity contribution in [2.45, 2.75) is 13.3 Å². The van der Waals surface area contributed by atoms with E-state index in [1.165, 1.54) is 23.5 Å². The molecule has 3 N–H and O–H groups in total. The van der Waals surface area contributed by atoms with Crippen LogP contribution in [0.25, 0.3) is 11.1 Å². The summed E-state index contributed by atoms with van der Waals surface area (Å²) in [4.78, 5) is 25.3. The van der Waals surface area contributed by atoms with Crippen molar-refractivity contribution >= 4 is 28.2 Å². The molecule has 0 unspecified atom stereocenters. The number of hydrogen-bond donors (Lipinski definition) is 2. The van der Waals surface area contributed by atoms with Gasteiger partial charge in [-0.15, -0.1) is 11.3 Å². The third-order valence-electron chi connectivity index (χ3n) is 3.92. The van der Waals surface area contributed by atoms with E-state index in [4.69, 9.17) is 5.73 Å². The van der Waals surface area contributed by atoms with Crippen LogP contribution in [-0.2, 0) is 11.2 Å². The first-order valence-electron chi connectivity index (χ1n) is 7.98. The van der Waals surface area contributed by atoms with Crippen LogP contribution in [0.2, 0.25) is 0 Å². The van der Waals surface area contributed by atoms with Crippen LogP contribution in [0.5, 0.6) is 0 Å². The van der Waals surface area contributed by atoms with Gasteiger partial charge in [0.1, 0.15) is 10.8 Å². The maximum atomic E-state index is 13.0. The fourth-order valence-corrected chi connectivity index (χ4v) is 3.88. The minimum atomic E-state index is -0.592. The second-order valence-electron chi connectivity index (χ2n) is 5.82. The van der Waals surface area contributed by atoms with Crippen molar-refractivity contribution in [2.75, 3.05) is 5.32 Å². The van der Waals surface area contributed by atoms with Gasteiger partial charge in [-0.1, -0.05) is 42.5 Å². The van der Waals surface area contributed by atoms with Gasteiger partial charge in [-0.25, -0.2) is 4.39 Å². The summed E-state index contributed by atoms with van der Waals surface area (Å²) < 4.78 is 13.0. The molecule has 1 aromatic heterocycles. The molecular weight excluding hydrogens is 351 g/mol. The third-order valence-corrected chi connectivity index (χ3v) is 4.94. The molecule has 0 atom stereocenters. The van der Waals surface area contributed by atoms with Crippen molar-refractivity contribution in [1.29, 1.82) is 0 Å². The van der Waals surface area contributed by atoms with Gasteiger partial charge in [-0.3, -0.25) is 9.59 Å². The van der Waals surface area contributed by atoms with Crippen LogP contribution in [-0.4, -0.2) is 11.8 Å². The number of rotatable bonds is 5. The number of amides is 2. The number of carbonyl (C=O) groups excluding carboxylic acids is 2. The van der Waals surface area contributed by atoms with Gasteiger partial charge in [0.2, 0.25) is 5.91 Å². The second kappa shape index (κ2) is 7.49. The number of primary amides is 1. The minimum Gasteiger partial charge on any atom is -0.365 e. The molecule has 0 bridgehead atoms. The van der Waals surface area contributed by atoms with Crippen LogP contribution in [0.4, 0.5) is 9.39 Å². The number of hydrogen-bond acceptors (Lipinski definition) is 3. The predicted octanol–water partition coefficient (Wildman–Crippen LogP) is 4.14. The lowest BCUT2D eigenvalue weighted by Gasteiger charge is -2.07. The first-order chi connectivity index (χ1) is 12.5. The Hall–Kier alpha value is -2.99. The Morgan fingerprint density at radius 3 is 2.35 bits per heavy atom. The lowest BCUT2D eigenvalue weighted by Crippen LogP contribution is -2.18. The number of anilines is 1. The Morgan fingerprint density at radius 1 is 1.08 bits per heavy atom. The average Bonchev–Trinajstić information content (AvgIpc) is 2.93. The van der Waals surface area contributed by atoms with Gasteiger partial charge < -0.3 is 11.1 Å². The highest BCUT2D eigenvalue weighted by Gasteiger charge is 2.22. The van der Waals surface area contributed by atoms with Crippen molar-refractivity contribution in [1.82, 2.24) is 0 Å². The van der Waals surface area contributed by atoms with E-state index in [0.717, 1.165) is 16.0 Å². The quantitative estimate of drug-likeness (QED) is 0.710. The second-order valence-corrected chi connectivity index (χ2v) is 7.04. The molecule has 3 rings (SSSR count). The zero-order valence-corrected chi connectivity index (χ0v) is 14.9. The lowest BCUT2D eigenvalue weighted by atomic mass is 10.0. The number of nitrogens with one attached hydrogen (secondary N) is 1. The number of aryl methyl sites for hydroxylation is 1. The van der Waals surface area contributed by atoms with Gasteiger partial charge in [0.15, 0.2) is 0 Å². The van der Waals surface area contributed by atoms with E-state index in [1.807, 2.05) is 37.3 Å². The average molecular weight is 368 g/mol. The molecule has 0 aliphatic heterocycles. The summed E-state index contributed by atoms with van der Waals surface area (Å²) in [5.74, 6) is -1.24. The molecule has 3 aromatic rings. The number of nitrogens with two attached hydrogens (primary N) is 1. The summed E-state index contributed by atoms with van der Waals surface area (Å²) in [5, 5.41) is 3.20. The molecule has 26 heavy (non-hydrogen) atoms.